The molecule has 0 atom stereocenters. The second-order valence-electron chi connectivity index (χ2n) is 4.94. The van der Waals surface area contributed by atoms with Crippen LogP contribution in [0.2, 0.25) is 0 Å². The smallest absolute Gasteiger partial charge is 0.150 e. The van der Waals surface area contributed by atoms with Crippen LogP contribution in [0.5, 0.6) is 0 Å². The lowest BCUT2D eigenvalue weighted by molar-refractivity contribution is 0.498. The first-order valence-electron chi connectivity index (χ1n) is 6.55. The maximum absolute atomic E-state index is 13.7. The molecule has 1 saturated heterocycles. The minimum atomic E-state index is -0.238. The molecule has 1 aliphatic rings. The van der Waals surface area contributed by atoms with E-state index >= 15 is 0 Å². The van der Waals surface area contributed by atoms with Gasteiger partial charge in [-0.25, -0.2) is 4.39 Å². The lowest BCUT2D eigenvalue weighted by Gasteiger charge is -2.29. The molecule has 4 nitrogen and oxygen atoms in total. The number of hydrogen-bond acceptors (Lipinski definition) is 3. The molecule has 3 rings (SSSR count). The first kappa shape index (κ1) is 12.2. The maximum atomic E-state index is 13.7. The van der Waals surface area contributed by atoms with Crippen LogP contribution >= 0.6 is 0 Å². The Morgan fingerprint density at radius 1 is 1.26 bits per heavy atom. The summed E-state index contributed by atoms with van der Waals surface area (Å²) in [5.41, 5.74) is 7.15. The average molecular weight is 260 g/mol. The van der Waals surface area contributed by atoms with E-state index in [1.54, 1.807) is 12.1 Å². The van der Waals surface area contributed by atoms with E-state index in [4.69, 9.17) is 5.73 Å². The third kappa shape index (κ3) is 2.46. The Morgan fingerprint density at radius 3 is 2.74 bits per heavy atom. The summed E-state index contributed by atoms with van der Waals surface area (Å²) < 4.78 is 13.7. The van der Waals surface area contributed by atoms with Crippen LogP contribution in [0.3, 0.4) is 0 Å². The monoisotopic (exact) mass is 260 g/mol. The van der Waals surface area contributed by atoms with Gasteiger partial charge in [-0.2, -0.15) is 5.10 Å². The molecule has 1 fully saturated rings. The molecule has 19 heavy (non-hydrogen) atoms. The zero-order valence-corrected chi connectivity index (χ0v) is 10.6. The number of H-pyrrole nitrogens is 1. The van der Waals surface area contributed by atoms with E-state index < -0.39 is 0 Å². The Morgan fingerprint density at radius 2 is 2.00 bits per heavy atom. The van der Waals surface area contributed by atoms with E-state index in [2.05, 4.69) is 15.1 Å². The first-order valence-corrected chi connectivity index (χ1v) is 6.55. The van der Waals surface area contributed by atoms with E-state index in [-0.39, 0.29) is 5.82 Å². The summed E-state index contributed by atoms with van der Waals surface area (Å²) in [5, 5.41) is 7.18. The molecule has 0 spiro atoms. The lowest BCUT2D eigenvalue weighted by atomic mass is 10.1. The summed E-state index contributed by atoms with van der Waals surface area (Å²) in [7, 11) is 0. The Hall–Kier alpha value is -1.88. The van der Waals surface area contributed by atoms with E-state index in [1.165, 1.54) is 6.07 Å². The van der Waals surface area contributed by atoms with Crippen molar-refractivity contribution in [1.29, 1.82) is 0 Å². The highest BCUT2D eigenvalue weighted by molar-refractivity contribution is 5.63. The molecule has 3 N–H and O–H groups in total. The van der Waals surface area contributed by atoms with Crippen LogP contribution in [0.15, 0.2) is 30.3 Å². The molecular formula is C14H17FN4. The standard InChI is InChI=1S/C14H17FN4/c15-12-4-2-1-3-11(12)13-9-14(18-17-13)19-7-5-10(16)6-8-19/h1-4,9-10H,5-8,16H2,(H,17,18). The SMILES string of the molecule is NC1CCN(c2cc(-c3ccccc3F)[nH]n2)CC1. The fourth-order valence-corrected chi connectivity index (χ4v) is 2.42. The predicted molar refractivity (Wildman–Crippen MR) is 73.4 cm³/mol. The van der Waals surface area contributed by atoms with E-state index in [0.717, 1.165) is 31.7 Å². The fourth-order valence-electron chi connectivity index (χ4n) is 2.42. The Balaban J connectivity index is 1.82. The Bertz CT molecular complexity index is 558. The zero-order valence-electron chi connectivity index (χ0n) is 10.6. The van der Waals surface area contributed by atoms with Gasteiger partial charge in [-0.05, 0) is 25.0 Å². The summed E-state index contributed by atoms with van der Waals surface area (Å²) in [6.07, 6.45) is 1.95. The van der Waals surface area contributed by atoms with Gasteiger partial charge in [0.25, 0.3) is 0 Å². The zero-order chi connectivity index (χ0) is 13.2. The number of aromatic amines is 1. The highest BCUT2D eigenvalue weighted by Gasteiger charge is 2.19. The lowest BCUT2D eigenvalue weighted by Crippen LogP contribution is -2.39. The van der Waals surface area contributed by atoms with Crippen LogP contribution in [-0.4, -0.2) is 29.3 Å². The van der Waals surface area contributed by atoms with Crippen LogP contribution in [0.4, 0.5) is 10.2 Å². The number of halogens is 1. The molecule has 0 bridgehead atoms. The van der Waals surface area contributed by atoms with E-state index in [9.17, 15) is 4.39 Å². The summed E-state index contributed by atoms with van der Waals surface area (Å²) in [6.45, 7) is 1.81. The van der Waals surface area contributed by atoms with Gasteiger partial charge >= 0.3 is 0 Å². The molecule has 0 unspecified atom stereocenters. The van der Waals surface area contributed by atoms with Gasteiger partial charge < -0.3 is 10.6 Å². The van der Waals surface area contributed by atoms with E-state index in [1.807, 2.05) is 12.1 Å². The van der Waals surface area contributed by atoms with Crippen molar-refractivity contribution in [3.63, 3.8) is 0 Å². The molecule has 0 aliphatic carbocycles. The van der Waals surface area contributed by atoms with Crippen molar-refractivity contribution >= 4 is 5.82 Å². The van der Waals surface area contributed by atoms with Gasteiger partial charge in [0.15, 0.2) is 5.82 Å². The van der Waals surface area contributed by atoms with Gasteiger partial charge in [-0.1, -0.05) is 12.1 Å². The molecule has 0 amide bonds. The predicted octanol–water partition coefficient (Wildman–Crippen LogP) is 2.14. The van der Waals surface area contributed by atoms with Crippen molar-refractivity contribution in [3.05, 3.63) is 36.1 Å². The number of hydrogen-bond donors (Lipinski definition) is 2. The summed E-state index contributed by atoms with van der Waals surface area (Å²) in [6, 6.07) is 8.89. The average Bonchev–Trinajstić information content (AvgIpc) is 2.89. The van der Waals surface area contributed by atoms with E-state index in [0.29, 0.717) is 17.3 Å². The second kappa shape index (κ2) is 5.01. The molecule has 0 radical (unpaired) electrons. The summed E-state index contributed by atoms with van der Waals surface area (Å²) in [4.78, 5) is 2.18. The van der Waals surface area contributed by atoms with Gasteiger partial charge in [-0.15, -0.1) is 0 Å². The molecule has 1 aromatic carbocycles. The van der Waals surface area contributed by atoms with Crippen molar-refractivity contribution in [3.8, 4) is 11.3 Å². The number of nitrogens with zero attached hydrogens (tertiary/aromatic N) is 2. The third-order valence-corrected chi connectivity index (χ3v) is 3.59. The quantitative estimate of drug-likeness (QED) is 0.869. The van der Waals surface area contributed by atoms with Gasteiger partial charge in [-0.3, -0.25) is 5.10 Å². The molecule has 2 aromatic rings. The first-order chi connectivity index (χ1) is 9.24. The van der Waals surface area contributed by atoms with Crippen molar-refractivity contribution < 1.29 is 4.39 Å². The van der Waals surface area contributed by atoms with Gasteiger partial charge in [0.05, 0.1) is 5.69 Å². The van der Waals surface area contributed by atoms with Crippen LogP contribution < -0.4 is 10.6 Å². The number of nitrogens with one attached hydrogen (secondary N) is 1. The fraction of sp³-hybridized carbons (Fsp3) is 0.357. The molecule has 5 heteroatoms. The van der Waals surface area contributed by atoms with Crippen molar-refractivity contribution in [2.45, 2.75) is 18.9 Å². The number of piperidine rings is 1. The number of nitrogens with two attached hydrogens (primary N) is 1. The molecule has 2 heterocycles. The molecule has 100 valence electrons. The molecule has 1 aliphatic heterocycles. The minimum absolute atomic E-state index is 0.238. The number of benzene rings is 1. The highest BCUT2D eigenvalue weighted by Crippen LogP contribution is 2.25. The normalized spacial score (nSPS) is 16.8. The van der Waals surface area contributed by atoms with Gasteiger partial charge in [0, 0.05) is 30.8 Å². The topological polar surface area (TPSA) is 57.9 Å². The Kier molecular flexibility index (Phi) is 3.21. The Labute approximate surface area is 111 Å². The summed E-state index contributed by atoms with van der Waals surface area (Å²) >= 11 is 0. The van der Waals surface area contributed by atoms with Gasteiger partial charge in [0.2, 0.25) is 0 Å². The number of anilines is 1. The van der Waals surface area contributed by atoms with Crippen LogP contribution in [-0.2, 0) is 0 Å². The minimum Gasteiger partial charge on any atom is -0.355 e. The van der Waals surface area contributed by atoms with Crippen molar-refractivity contribution in [1.82, 2.24) is 10.2 Å². The van der Waals surface area contributed by atoms with Gasteiger partial charge in [0.1, 0.15) is 5.82 Å². The summed E-state index contributed by atoms with van der Waals surface area (Å²) in [5.74, 6) is 0.628. The van der Waals surface area contributed by atoms with Crippen LogP contribution in [0.25, 0.3) is 11.3 Å². The largest absolute Gasteiger partial charge is 0.355 e. The third-order valence-electron chi connectivity index (χ3n) is 3.59. The van der Waals surface area contributed by atoms with Crippen LogP contribution in [0, 0.1) is 5.82 Å². The van der Waals surface area contributed by atoms with Crippen molar-refractivity contribution in [2.75, 3.05) is 18.0 Å². The van der Waals surface area contributed by atoms with Crippen molar-refractivity contribution in [2.24, 2.45) is 5.73 Å². The maximum Gasteiger partial charge on any atom is 0.150 e. The highest BCUT2D eigenvalue weighted by atomic mass is 19.1. The second-order valence-corrected chi connectivity index (χ2v) is 4.94. The molecule has 0 saturated carbocycles. The number of aromatic nitrogens is 2. The molecular weight excluding hydrogens is 243 g/mol. The number of rotatable bonds is 2. The molecule has 1 aromatic heterocycles. The van der Waals surface area contributed by atoms with Crippen LogP contribution in [0.1, 0.15) is 12.8 Å².